The molecule has 0 radical (unpaired) electrons. The van der Waals surface area contributed by atoms with Gasteiger partial charge in [-0.25, -0.2) is 4.98 Å². The van der Waals surface area contributed by atoms with Gasteiger partial charge in [0, 0.05) is 0 Å². The molecule has 7 heteroatoms. The zero-order valence-electron chi connectivity index (χ0n) is 9.86. The van der Waals surface area contributed by atoms with E-state index < -0.39 is 0 Å². The van der Waals surface area contributed by atoms with Crippen LogP contribution >= 0.6 is 43.5 Å². The molecular weight excluding hydrogens is 399 g/mol. The highest BCUT2D eigenvalue weighted by molar-refractivity contribution is 9.10. The lowest BCUT2D eigenvalue weighted by Crippen LogP contribution is -2.21. The summed E-state index contributed by atoms with van der Waals surface area (Å²) in [5, 5.41) is 0.164. The Bertz CT molecular complexity index is 673. The van der Waals surface area contributed by atoms with Crippen LogP contribution < -0.4 is 10.3 Å². The van der Waals surface area contributed by atoms with Gasteiger partial charge in [-0.2, -0.15) is 0 Å². The Balaban J connectivity index is 2.34. The maximum atomic E-state index is 12.0. The van der Waals surface area contributed by atoms with Gasteiger partial charge in [-0.15, -0.1) is 0 Å². The van der Waals surface area contributed by atoms with Crippen LogP contribution in [0.15, 0.2) is 38.3 Å². The number of aromatic nitrogens is 2. The van der Waals surface area contributed by atoms with Gasteiger partial charge in [0.15, 0.2) is 5.15 Å². The van der Waals surface area contributed by atoms with Crippen LogP contribution in [0.4, 0.5) is 0 Å². The molecule has 0 aliphatic heterocycles. The van der Waals surface area contributed by atoms with Gasteiger partial charge in [-0.3, -0.25) is 9.36 Å². The fourth-order valence-electron chi connectivity index (χ4n) is 1.56. The normalized spacial score (nSPS) is 10.5. The molecule has 0 bridgehead atoms. The van der Waals surface area contributed by atoms with Crippen LogP contribution in [0.5, 0.6) is 5.75 Å². The third kappa shape index (κ3) is 3.19. The number of methoxy groups -OCH3 is 1. The molecule has 1 aromatic heterocycles. The maximum Gasteiger partial charge on any atom is 0.269 e. The van der Waals surface area contributed by atoms with Gasteiger partial charge in [0.05, 0.1) is 24.5 Å². The summed E-state index contributed by atoms with van der Waals surface area (Å²) in [6, 6.07) is 5.62. The minimum Gasteiger partial charge on any atom is -0.496 e. The Morgan fingerprint density at radius 2 is 2.16 bits per heavy atom. The van der Waals surface area contributed by atoms with Crippen molar-refractivity contribution in [3.8, 4) is 5.75 Å². The van der Waals surface area contributed by atoms with Crippen molar-refractivity contribution in [1.29, 1.82) is 0 Å². The van der Waals surface area contributed by atoms with Crippen LogP contribution in [0.3, 0.4) is 0 Å². The lowest BCUT2D eigenvalue weighted by Gasteiger charge is -2.09. The topological polar surface area (TPSA) is 44.1 Å². The van der Waals surface area contributed by atoms with Crippen molar-refractivity contribution in [2.24, 2.45) is 0 Å². The number of halogens is 3. The summed E-state index contributed by atoms with van der Waals surface area (Å²) in [6.07, 6.45) is 1.42. The molecule has 1 aromatic carbocycles. The number of ether oxygens (including phenoxy) is 1. The van der Waals surface area contributed by atoms with Crippen molar-refractivity contribution < 1.29 is 4.74 Å². The zero-order chi connectivity index (χ0) is 14.0. The van der Waals surface area contributed by atoms with Crippen LogP contribution in [0, 0.1) is 0 Å². The van der Waals surface area contributed by atoms with Crippen LogP contribution in [0.1, 0.15) is 5.56 Å². The molecule has 2 aromatic rings. The standard InChI is InChI=1S/C12H9Br2ClN2O2/c1-19-9-3-2-7(4-8(9)13)5-17-6-16-11(15)10(14)12(17)18/h2-4,6H,5H2,1H3. The molecule has 0 saturated carbocycles. The third-order valence-electron chi connectivity index (χ3n) is 2.51. The molecule has 19 heavy (non-hydrogen) atoms. The van der Waals surface area contributed by atoms with E-state index in [-0.39, 0.29) is 15.2 Å². The Kier molecular flexibility index (Phi) is 4.65. The van der Waals surface area contributed by atoms with Crippen molar-refractivity contribution in [3.05, 3.63) is 54.5 Å². The van der Waals surface area contributed by atoms with E-state index in [2.05, 4.69) is 36.8 Å². The van der Waals surface area contributed by atoms with Gasteiger partial charge < -0.3 is 4.74 Å². The van der Waals surface area contributed by atoms with Crippen LogP contribution in [-0.4, -0.2) is 16.7 Å². The van der Waals surface area contributed by atoms with E-state index in [1.807, 2.05) is 18.2 Å². The van der Waals surface area contributed by atoms with E-state index in [0.29, 0.717) is 6.54 Å². The van der Waals surface area contributed by atoms with Crippen LogP contribution in [-0.2, 0) is 6.54 Å². The van der Waals surface area contributed by atoms with Gasteiger partial charge >= 0.3 is 0 Å². The Morgan fingerprint density at radius 3 is 2.79 bits per heavy atom. The lowest BCUT2D eigenvalue weighted by atomic mass is 10.2. The van der Waals surface area contributed by atoms with Gasteiger partial charge in [0.2, 0.25) is 0 Å². The van der Waals surface area contributed by atoms with Gasteiger partial charge in [-0.1, -0.05) is 17.7 Å². The summed E-state index contributed by atoms with van der Waals surface area (Å²) >= 11 is 12.3. The molecule has 0 unspecified atom stereocenters. The highest BCUT2D eigenvalue weighted by Crippen LogP contribution is 2.25. The molecule has 0 aliphatic rings. The number of hydrogen-bond donors (Lipinski definition) is 0. The molecule has 0 saturated heterocycles. The first-order valence-corrected chi connectivity index (χ1v) is 7.22. The Labute approximate surface area is 131 Å². The fraction of sp³-hybridized carbons (Fsp3) is 0.167. The summed E-state index contributed by atoms with van der Waals surface area (Å²) in [5.74, 6) is 0.742. The SMILES string of the molecule is COc1ccc(Cn2cnc(Cl)c(Br)c2=O)cc1Br. The second kappa shape index (κ2) is 6.07. The van der Waals surface area contributed by atoms with E-state index in [1.165, 1.54) is 10.9 Å². The van der Waals surface area contributed by atoms with Crippen molar-refractivity contribution in [3.63, 3.8) is 0 Å². The minimum atomic E-state index is -0.216. The van der Waals surface area contributed by atoms with E-state index >= 15 is 0 Å². The molecule has 0 spiro atoms. The molecular formula is C12H9Br2ClN2O2. The summed E-state index contributed by atoms with van der Waals surface area (Å²) < 4.78 is 7.74. The van der Waals surface area contributed by atoms with Crippen molar-refractivity contribution in [1.82, 2.24) is 9.55 Å². The van der Waals surface area contributed by atoms with Crippen molar-refractivity contribution in [2.45, 2.75) is 6.54 Å². The van der Waals surface area contributed by atoms with Crippen molar-refractivity contribution in [2.75, 3.05) is 7.11 Å². The smallest absolute Gasteiger partial charge is 0.269 e. The molecule has 0 N–H and O–H groups in total. The summed E-state index contributed by atoms with van der Waals surface area (Å²) in [4.78, 5) is 15.9. The third-order valence-corrected chi connectivity index (χ3v) is 4.36. The Morgan fingerprint density at radius 1 is 1.42 bits per heavy atom. The molecule has 0 amide bonds. The maximum absolute atomic E-state index is 12.0. The molecule has 0 aliphatic carbocycles. The van der Waals surface area contributed by atoms with Gasteiger partial charge in [0.1, 0.15) is 10.2 Å². The number of rotatable bonds is 3. The van der Waals surface area contributed by atoms with E-state index in [4.69, 9.17) is 16.3 Å². The molecule has 2 rings (SSSR count). The first-order chi connectivity index (χ1) is 9.02. The first kappa shape index (κ1) is 14.6. The van der Waals surface area contributed by atoms with Crippen LogP contribution in [0.25, 0.3) is 0 Å². The van der Waals surface area contributed by atoms with E-state index in [0.717, 1.165) is 15.8 Å². The lowest BCUT2D eigenvalue weighted by molar-refractivity contribution is 0.412. The minimum absolute atomic E-state index is 0.164. The zero-order valence-corrected chi connectivity index (χ0v) is 13.8. The van der Waals surface area contributed by atoms with Gasteiger partial charge in [0.25, 0.3) is 5.56 Å². The quantitative estimate of drug-likeness (QED) is 0.731. The first-order valence-electron chi connectivity index (χ1n) is 5.25. The monoisotopic (exact) mass is 406 g/mol. The predicted octanol–water partition coefficient (Wildman–Crippen LogP) is 3.48. The highest BCUT2D eigenvalue weighted by atomic mass is 79.9. The van der Waals surface area contributed by atoms with E-state index in [9.17, 15) is 4.79 Å². The predicted molar refractivity (Wildman–Crippen MR) is 81.0 cm³/mol. The second-order valence-corrected chi connectivity index (χ2v) is 5.76. The number of hydrogen-bond acceptors (Lipinski definition) is 3. The molecule has 1 heterocycles. The molecule has 100 valence electrons. The largest absolute Gasteiger partial charge is 0.496 e. The second-order valence-electron chi connectivity index (χ2n) is 3.75. The summed E-state index contributed by atoms with van der Waals surface area (Å²) in [5.41, 5.74) is 0.734. The Hall–Kier alpha value is -0.850. The summed E-state index contributed by atoms with van der Waals surface area (Å²) in [7, 11) is 1.60. The molecule has 0 atom stereocenters. The average Bonchev–Trinajstić information content (AvgIpc) is 2.40. The van der Waals surface area contributed by atoms with E-state index in [1.54, 1.807) is 7.11 Å². The fourth-order valence-corrected chi connectivity index (χ4v) is 2.60. The van der Waals surface area contributed by atoms with Gasteiger partial charge in [-0.05, 0) is 49.6 Å². The average molecular weight is 408 g/mol. The number of benzene rings is 1. The number of nitrogens with zero attached hydrogens (tertiary/aromatic N) is 2. The van der Waals surface area contributed by atoms with Crippen molar-refractivity contribution >= 4 is 43.5 Å². The molecule has 4 nitrogen and oxygen atoms in total. The molecule has 0 fully saturated rings. The summed E-state index contributed by atoms with van der Waals surface area (Å²) in [6.45, 7) is 0.407. The highest BCUT2D eigenvalue weighted by Gasteiger charge is 2.08. The van der Waals surface area contributed by atoms with Crippen LogP contribution in [0.2, 0.25) is 5.15 Å².